The summed E-state index contributed by atoms with van der Waals surface area (Å²) in [7, 11) is 0. The number of oxime groups is 1. The van der Waals surface area contributed by atoms with Gasteiger partial charge in [0, 0.05) is 24.1 Å². The van der Waals surface area contributed by atoms with Gasteiger partial charge in [0.15, 0.2) is 0 Å². The fraction of sp³-hybridized carbons (Fsp3) is 0.529. The van der Waals surface area contributed by atoms with Crippen LogP contribution in [0.5, 0.6) is 0 Å². The summed E-state index contributed by atoms with van der Waals surface area (Å²) in [5.41, 5.74) is 0.923. The number of nitrogens with zero attached hydrogens (tertiary/aromatic N) is 2. The molecule has 1 fully saturated rings. The van der Waals surface area contributed by atoms with Gasteiger partial charge in [0.05, 0.1) is 5.71 Å². The van der Waals surface area contributed by atoms with Crippen LogP contribution in [-0.2, 0) is 9.63 Å². The molecular weight excluding hydrogens is 283 g/mol. The molecule has 0 spiro atoms. The second-order valence-corrected chi connectivity index (χ2v) is 6.19. The first-order valence-electron chi connectivity index (χ1n) is 7.87. The van der Waals surface area contributed by atoms with Crippen LogP contribution in [0.15, 0.2) is 29.4 Å². The molecule has 0 bridgehead atoms. The first-order valence-corrected chi connectivity index (χ1v) is 7.87. The molecule has 0 aromatic heterocycles. The lowest BCUT2D eigenvalue weighted by Crippen LogP contribution is -2.51. The maximum Gasteiger partial charge on any atom is 0.267 e. The van der Waals surface area contributed by atoms with Crippen molar-refractivity contribution in [2.45, 2.75) is 57.7 Å². The Balaban J connectivity index is 1.71. The summed E-state index contributed by atoms with van der Waals surface area (Å²) in [6.45, 7) is 4.14. The van der Waals surface area contributed by atoms with Gasteiger partial charge in [0.1, 0.15) is 5.82 Å². The van der Waals surface area contributed by atoms with Crippen LogP contribution in [0.25, 0.3) is 0 Å². The maximum absolute atomic E-state index is 13.8. The highest BCUT2D eigenvalue weighted by atomic mass is 19.1. The molecule has 1 aromatic carbocycles. The summed E-state index contributed by atoms with van der Waals surface area (Å²) in [6.07, 6.45) is 2.88. The van der Waals surface area contributed by atoms with E-state index in [0.29, 0.717) is 17.7 Å². The van der Waals surface area contributed by atoms with Gasteiger partial charge in [-0.25, -0.2) is 4.39 Å². The Bertz CT molecular complexity index is 592. The Kier molecular flexibility index (Phi) is 4.14. The lowest BCUT2D eigenvalue weighted by atomic mass is 9.95. The molecular formula is C17H21FN2O2. The Labute approximate surface area is 129 Å². The number of carbonyl (C=O) groups excluding carboxylic acids is 1. The number of hydrogen-bond donors (Lipinski definition) is 0. The van der Waals surface area contributed by atoms with E-state index >= 15 is 0 Å². The van der Waals surface area contributed by atoms with E-state index in [1.807, 2.05) is 4.90 Å². The normalized spacial score (nSPS) is 28.2. The third-order valence-electron chi connectivity index (χ3n) is 4.58. The highest BCUT2D eigenvalue weighted by Crippen LogP contribution is 2.27. The number of rotatable bonds is 2. The molecule has 3 atom stereocenters. The molecule has 1 aromatic rings. The first-order chi connectivity index (χ1) is 10.6. The lowest BCUT2D eigenvalue weighted by molar-refractivity contribution is -0.148. The largest absolute Gasteiger partial charge is 0.382 e. The molecule has 0 aliphatic carbocycles. The molecule has 1 saturated heterocycles. The Hall–Kier alpha value is -1.91. The van der Waals surface area contributed by atoms with Crippen LogP contribution in [0.4, 0.5) is 4.39 Å². The van der Waals surface area contributed by atoms with Crippen LogP contribution in [0, 0.1) is 5.82 Å². The van der Waals surface area contributed by atoms with Gasteiger partial charge >= 0.3 is 0 Å². The van der Waals surface area contributed by atoms with Crippen molar-refractivity contribution in [3.05, 3.63) is 35.6 Å². The molecule has 2 heterocycles. The highest BCUT2D eigenvalue weighted by Gasteiger charge is 2.38. The monoisotopic (exact) mass is 304 g/mol. The molecule has 4 nitrogen and oxygen atoms in total. The van der Waals surface area contributed by atoms with Gasteiger partial charge < -0.3 is 9.74 Å². The number of carbonyl (C=O) groups is 1. The van der Waals surface area contributed by atoms with Crippen molar-refractivity contribution < 1.29 is 14.0 Å². The van der Waals surface area contributed by atoms with Crippen molar-refractivity contribution in [2.75, 3.05) is 0 Å². The quantitative estimate of drug-likeness (QED) is 0.842. The third kappa shape index (κ3) is 2.72. The minimum absolute atomic E-state index is 0.0326. The summed E-state index contributed by atoms with van der Waals surface area (Å²) in [6, 6.07) is 6.88. The van der Waals surface area contributed by atoms with Crippen molar-refractivity contribution in [2.24, 2.45) is 5.16 Å². The Morgan fingerprint density at radius 3 is 2.64 bits per heavy atom. The van der Waals surface area contributed by atoms with Gasteiger partial charge in [-0.1, -0.05) is 23.4 Å². The standard InChI is InChI=1S/C17H21FN2O2/c1-11-6-5-7-12(2)20(11)17(21)16-10-15(19-22-16)13-8-3-4-9-14(13)18/h3-4,8-9,11-12,16H,5-7,10H2,1-2H3. The van der Waals surface area contributed by atoms with Gasteiger partial charge in [0.25, 0.3) is 5.91 Å². The van der Waals surface area contributed by atoms with Crippen molar-refractivity contribution in [1.82, 2.24) is 4.90 Å². The number of likely N-dealkylation sites (tertiary alicyclic amines) is 1. The summed E-state index contributed by atoms with van der Waals surface area (Å²) < 4.78 is 13.8. The molecule has 2 aliphatic rings. The fourth-order valence-electron chi connectivity index (χ4n) is 3.39. The van der Waals surface area contributed by atoms with Gasteiger partial charge in [-0.15, -0.1) is 0 Å². The SMILES string of the molecule is CC1CCCC(C)N1C(=O)C1CC(c2ccccc2F)=NO1. The van der Waals surface area contributed by atoms with E-state index in [-0.39, 0.29) is 23.8 Å². The predicted octanol–water partition coefficient (Wildman–Crippen LogP) is 3.11. The minimum atomic E-state index is -0.627. The van der Waals surface area contributed by atoms with Crippen LogP contribution in [0.1, 0.15) is 45.1 Å². The molecule has 0 saturated carbocycles. The summed E-state index contributed by atoms with van der Waals surface area (Å²) in [5.74, 6) is -0.368. The highest BCUT2D eigenvalue weighted by molar-refractivity contribution is 6.04. The van der Waals surface area contributed by atoms with E-state index in [0.717, 1.165) is 19.3 Å². The zero-order valence-corrected chi connectivity index (χ0v) is 13.0. The van der Waals surface area contributed by atoms with Gasteiger partial charge in [-0.2, -0.15) is 0 Å². The zero-order valence-electron chi connectivity index (χ0n) is 13.0. The average Bonchev–Trinajstić information content (AvgIpc) is 2.97. The van der Waals surface area contributed by atoms with Crippen molar-refractivity contribution in [3.63, 3.8) is 0 Å². The van der Waals surface area contributed by atoms with E-state index in [1.165, 1.54) is 6.07 Å². The van der Waals surface area contributed by atoms with E-state index in [1.54, 1.807) is 18.2 Å². The van der Waals surface area contributed by atoms with Gasteiger partial charge in [0.2, 0.25) is 6.10 Å². The third-order valence-corrected chi connectivity index (χ3v) is 4.58. The molecule has 3 rings (SSSR count). The topological polar surface area (TPSA) is 41.9 Å². The van der Waals surface area contributed by atoms with Crippen LogP contribution in [0.3, 0.4) is 0 Å². The number of piperidine rings is 1. The molecule has 22 heavy (non-hydrogen) atoms. The molecule has 118 valence electrons. The second-order valence-electron chi connectivity index (χ2n) is 6.19. The summed E-state index contributed by atoms with van der Waals surface area (Å²) in [5, 5.41) is 3.94. The smallest absolute Gasteiger partial charge is 0.267 e. The fourth-order valence-corrected chi connectivity index (χ4v) is 3.39. The van der Waals surface area contributed by atoms with E-state index in [9.17, 15) is 9.18 Å². The van der Waals surface area contributed by atoms with E-state index in [4.69, 9.17) is 4.84 Å². The van der Waals surface area contributed by atoms with Crippen LogP contribution >= 0.6 is 0 Å². The van der Waals surface area contributed by atoms with Crippen molar-refractivity contribution in [1.29, 1.82) is 0 Å². The van der Waals surface area contributed by atoms with Gasteiger partial charge in [-0.3, -0.25) is 4.79 Å². The summed E-state index contributed by atoms with van der Waals surface area (Å²) >= 11 is 0. The van der Waals surface area contributed by atoms with E-state index in [2.05, 4.69) is 19.0 Å². The van der Waals surface area contributed by atoms with Gasteiger partial charge in [-0.05, 0) is 39.2 Å². The molecule has 5 heteroatoms. The first kappa shape index (κ1) is 15.0. The number of hydrogen-bond acceptors (Lipinski definition) is 3. The molecule has 0 N–H and O–H groups in total. The molecule has 2 aliphatic heterocycles. The lowest BCUT2D eigenvalue weighted by Gasteiger charge is -2.39. The van der Waals surface area contributed by atoms with Crippen molar-refractivity contribution in [3.8, 4) is 0 Å². The molecule has 3 unspecified atom stereocenters. The van der Waals surface area contributed by atoms with E-state index < -0.39 is 6.10 Å². The van der Waals surface area contributed by atoms with Crippen LogP contribution < -0.4 is 0 Å². The average molecular weight is 304 g/mol. The molecule has 0 radical (unpaired) electrons. The summed E-state index contributed by atoms with van der Waals surface area (Å²) in [4.78, 5) is 19.9. The van der Waals surface area contributed by atoms with Crippen LogP contribution in [-0.4, -0.2) is 34.7 Å². The second kappa shape index (κ2) is 6.07. The van der Waals surface area contributed by atoms with Crippen molar-refractivity contribution >= 4 is 11.6 Å². The maximum atomic E-state index is 13.8. The predicted molar refractivity (Wildman–Crippen MR) is 82.0 cm³/mol. The minimum Gasteiger partial charge on any atom is -0.382 e. The zero-order chi connectivity index (χ0) is 15.7. The Morgan fingerprint density at radius 1 is 1.27 bits per heavy atom. The van der Waals surface area contributed by atoms with Crippen LogP contribution in [0.2, 0.25) is 0 Å². The number of halogens is 1. The Morgan fingerprint density at radius 2 is 1.95 bits per heavy atom. The molecule has 1 amide bonds. The number of amides is 1. The number of benzene rings is 1.